The number of nitrogens with one attached hydrogen (secondary N) is 1. The monoisotopic (exact) mass is 185 g/mol. The predicted octanol–water partition coefficient (Wildman–Crippen LogP) is 1.62. The van der Waals surface area contributed by atoms with Crippen LogP contribution in [-0.2, 0) is 0 Å². The van der Waals surface area contributed by atoms with Gasteiger partial charge in [-0.1, -0.05) is 0 Å². The van der Waals surface area contributed by atoms with E-state index in [1.54, 1.807) is 11.3 Å². The van der Waals surface area contributed by atoms with Crippen LogP contribution in [0.4, 0.5) is 0 Å². The lowest BCUT2D eigenvalue weighted by molar-refractivity contribution is 0.177. The Bertz CT molecular complexity index is 257. The maximum atomic E-state index is 9.66. The Morgan fingerprint density at radius 3 is 2.67 bits per heavy atom. The summed E-state index contributed by atoms with van der Waals surface area (Å²) < 4.78 is 0. The van der Waals surface area contributed by atoms with Gasteiger partial charge in [-0.2, -0.15) is 0 Å². The molecule has 0 amide bonds. The van der Waals surface area contributed by atoms with Gasteiger partial charge in [0.1, 0.15) is 0 Å². The van der Waals surface area contributed by atoms with E-state index in [9.17, 15) is 5.11 Å². The molecule has 12 heavy (non-hydrogen) atoms. The van der Waals surface area contributed by atoms with E-state index in [1.807, 2.05) is 14.0 Å². The van der Waals surface area contributed by atoms with E-state index in [-0.39, 0.29) is 6.10 Å². The quantitative estimate of drug-likeness (QED) is 0.750. The van der Waals surface area contributed by atoms with Crippen molar-refractivity contribution in [2.24, 2.45) is 0 Å². The molecule has 0 aliphatic carbocycles. The smallest absolute Gasteiger partial charge is 0.0924 e. The van der Waals surface area contributed by atoms with E-state index in [2.05, 4.69) is 18.3 Å². The van der Waals surface area contributed by atoms with Gasteiger partial charge in [-0.25, -0.2) is 0 Å². The standard InChI is InChI=1S/C9H15NOS/c1-6-4-8(7(2)12-6)9(11)5-10-3/h4,9-11H,5H2,1-3H3. The SMILES string of the molecule is CNCC(O)c1cc(C)sc1C. The van der Waals surface area contributed by atoms with Gasteiger partial charge in [0.2, 0.25) is 0 Å². The number of rotatable bonds is 3. The minimum Gasteiger partial charge on any atom is -0.387 e. The fourth-order valence-electron chi connectivity index (χ4n) is 1.28. The topological polar surface area (TPSA) is 32.3 Å². The molecule has 1 unspecified atom stereocenters. The molecule has 3 heteroatoms. The van der Waals surface area contributed by atoms with Crippen molar-refractivity contribution < 1.29 is 5.11 Å². The molecule has 2 N–H and O–H groups in total. The highest BCUT2D eigenvalue weighted by atomic mass is 32.1. The summed E-state index contributed by atoms with van der Waals surface area (Å²) in [6, 6.07) is 2.06. The molecule has 1 heterocycles. The Balaban J connectivity index is 2.79. The Hall–Kier alpha value is -0.380. The highest BCUT2D eigenvalue weighted by Crippen LogP contribution is 2.25. The zero-order chi connectivity index (χ0) is 9.14. The first-order valence-corrected chi connectivity index (χ1v) is 4.86. The zero-order valence-corrected chi connectivity index (χ0v) is 8.53. The van der Waals surface area contributed by atoms with E-state index in [0.717, 1.165) is 5.56 Å². The van der Waals surface area contributed by atoms with Gasteiger partial charge in [0.15, 0.2) is 0 Å². The molecule has 0 aliphatic heterocycles. The second-order valence-corrected chi connectivity index (χ2v) is 4.40. The lowest BCUT2D eigenvalue weighted by atomic mass is 10.1. The number of thiophene rings is 1. The van der Waals surface area contributed by atoms with Gasteiger partial charge < -0.3 is 10.4 Å². The van der Waals surface area contributed by atoms with Gasteiger partial charge in [-0.15, -0.1) is 11.3 Å². The summed E-state index contributed by atoms with van der Waals surface area (Å²) in [5.41, 5.74) is 1.06. The van der Waals surface area contributed by atoms with E-state index in [0.29, 0.717) is 6.54 Å². The van der Waals surface area contributed by atoms with Crippen LogP contribution in [0.1, 0.15) is 21.4 Å². The van der Waals surface area contributed by atoms with Crippen LogP contribution < -0.4 is 5.32 Å². The maximum absolute atomic E-state index is 9.66. The minimum atomic E-state index is -0.361. The van der Waals surface area contributed by atoms with Crippen molar-refractivity contribution in [1.29, 1.82) is 0 Å². The molecule has 0 aliphatic rings. The number of hydrogen-bond acceptors (Lipinski definition) is 3. The van der Waals surface area contributed by atoms with Crippen LogP contribution in [0.5, 0.6) is 0 Å². The molecule has 68 valence electrons. The molecule has 2 nitrogen and oxygen atoms in total. The summed E-state index contributed by atoms with van der Waals surface area (Å²) in [6.07, 6.45) is -0.361. The normalized spacial score (nSPS) is 13.3. The van der Waals surface area contributed by atoms with Gasteiger partial charge >= 0.3 is 0 Å². The van der Waals surface area contributed by atoms with Crippen LogP contribution in [0.2, 0.25) is 0 Å². The van der Waals surface area contributed by atoms with E-state index >= 15 is 0 Å². The van der Waals surface area contributed by atoms with Crippen molar-refractivity contribution in [2.45, 2.75) is 20.0 Å². The average Bonchev–Trinajstić information content (AvgIpc) is 2.30. The number of aryl methyl sites for hydroxylation is 2. The Kier molecular flexibility index (Phi) is 3.26. The summed E-state index contributed by atoms with van der Waals surface area (Å²) in [5.74, 6) is 0. The Morgan fingerprint density at radius 2 is 2.25 bits per heavy atom. The lowest BCUT2D eigenvalue weighted by Crippen LogP contribution is -2.16. The molecular formula is C9H15NOS. The Morgan fingerprint density at radius 1 is 1.58 bits per heavy atom. The van der Waals surface area contributed by atoms with Gasteiger partial charge in [-0.3, -0.25) is 0 Å². The molecular weight excluding hydrogens is 170 g/mol. The third-order valence-corrected chi connectivity index (χ3v) is 2.82. The first kappa shape index (κ1) is 9.71. The van der Waals surface area contributed by atoms with Crippen LogP contribution in [-0.4, -0.2) is 18.7 Å². The predicted molar refractivity (Wildman–Crippen MR) is 52.7 cm³/mol. The van der Waals surface area contributed by atoms with Crippen molar-refractivity contribution in [1.82, 2.24) is 5.32 Å². The van der Waals surface area contributed by atoms with Crippen LogP contribution in [0, 0.1) is 13.8 Å². The van der Waals surface area contributed by atoms with Crippen LogP contribution in [0.15, 0.2) is 6.07 Å². The number of hydrogen-bond donors (Lipinski definition) is 2. The number of aliphatic hydroxyl groups excluding tert-OH is 1. The number of likely N-dealkylation sites (N-methyl/N-ethyl adjacent to an activating group) is 1. The van der Waals surface area contributed by atoms with Crippen molar-refractivity contribution in [2.75, 3.05) is 13.6 Å². The molecule has 0 radical (unpaired) electrons. The van der Waals surface area contributed by atoms with Crippen LogP contribution >= 0.6 is 11.3 Å². The van der Waals surface area contributed by atoms with Crippen molar-refractivity contribution in [3.63, 3.8) is 0 Å². The summed E-state index contributed by atoms with van der Waals surface area (Å²) >= 11 is 1.74. The first-order chi connectivity index (χ1) is 5.65. The summed E-state index contributed by atoms with van der Waals surface area (Å²) in [7, 11) is 1.85. The van der Waals surface area contributed by atoms with E-state index in [4.69, 9.17) is 0 Å². The zero-order valence-electron chi connectivity index (χ0n) is 7.72. The van der Waals surface area contributed by atoms with Crippen molar-refractivity contribution in [3.8, 4) is 0 Å². The fraction of sp³-hybridized carbons (Fsp3) is 0.556. The summed E-state index contributed by atoms with van der Waals surface area (Å²) in [6.45, 7) is 4.73. The minimum absolute atomic E-state index is 0.361. The van der Waals surface area contributed by atoms with E-state index < -0.39 is 0 Å². The molecule has 0 saturated carbocycles. The molecule has 1 rings (SSSR count). The summed E-state index contributed by atoms with van der Waals surface area (Å²) in [5, 5.41) is 12.6. The molecule has 1 atom stereocenters. The van der Waals surface area contributed by atoms with Crippen molar-refractivity contribution >= 4 is 11.3 Å². The molecule has 0 spiro atoms. The fourth-order valence-corrected chi connectivity index (χ4v) is 2.27. The lowest BCUT2D eigenvalue weighted by Gasteiger charge is -2.08. The van der Waals surface area contributed by atoms with Crippen molar-refractivity contribution in [3.05, 3.63) is 21.4 Å². The highest BCUT2D eigenvalue weighted by Gasteiger charge is 2.11. The summed E-state index contributed by atoms with van der Waals surface area (Å²) in [4.78, 5) is 2.48. The first-order valence-electron chi connectivity index (χ1n) is 4.04. The molecule has 1 aromatic heterocycles. The van der Waals surface area contributed by atoms with Gasteiger partial charge in [0.25, 0.3) is 0 Å². The third kappa shape index (κ3) is 2.06. The van der Waals surface area contributed by atoms with Gasteiger partial charge in [-0.05, 0) is 32.5 Å². The van der Waals surface area contributed by atoms with Gasteiger partial charge in [0, 0.05) is 16.3 Å². The Labute approximate surface area is 77.2 Å². The molecule has 0 aromatic carbocycles. The number of aliphatic hydroxyl groups is 1. The van der Waals surface area contributed by atoms with Gasteiger partial charge in [0.05, 0.1) is 6.10 Å². The van der Waals surface area contributed by atoms with Crippen LogP contribution in [0.25, 0.3) is 0 Å². The molecule has 0 saturated heterocycles. The second kappa shape index (κ2) is 4.03. The molecule has 0 bridgehead atoms. The average molecular weight is 185 g/mol. The highest BCUT2D eigenvalue weighted by molar-refractivity contribution is 7.12. The van der Waals surface area contributed by atoms with E-state index in [1.165, 1.54) is 9.75 Å². The van der Waals surface area contributed by atoms with Crippen LogP contribution in [0.3, 0.4) is 0 Å². The maximum Gasteiger partial charge on any atom is 0.0924 e. The molecule has 0 fully saturated rings. The third-order valence-electron chi connectivity index (χ3n) is 1.84. The second-order valence-electron chi connectivity index (χ2n) is 2.94. The largest absolute Gasteiger partial charge is 0.387 e. The molecule has 1 aromatic rings.